The highest BCUT2D eigenvalue weighted by Crippen LogP contribution is 2.18. The van der Waals surface area contributed by atoms with Crippen LogP contribution in [0.25, 0.3) is 0 Å². The van der Waals surface area contributed by atoms with Crippen LogP contribution in [0, 0.1) is 5.41 Å². The van der Waals surface area contributed by atoms with Crippen LogP contribution in [-0.4, -0.2) is 41.3 Å². The molecular formula is C13H21N3O3. The van der Waals surface area contributed by atoms with E-state index in [1.54, 1.807) is 7.11 Å². The summed E-state index contributed by atoms with van der Waals surface area (Å²) in [4.78, 5) is 18.7. The van der Waals surface area contributed by atoms with E-state index in [2.05, 4.69) is 29.1 Å². The van der Waals surface area contributed by atoms with Gasteiger partial charge >= 0.3 is 5.97 Å². The lowest BCUT2D eigenvalue weighted by Gasteiger charge is -2.24. The normalized spacial score (nSPS) is 11.5. The number of nitrogens with zero attached hydrogens (tertiary/aromatic N) is 2. The SMILES string of the molecule is COCCC(C)(C)CNCc1ncncc1C(=O)O. The third kappa shape index (κ3) is 5.32. The number of methoxy groups -OCH3 is 1. The Morgan fingerprint density at radius 3 is 2.89 bits per heavy atom. The van der Waals surface area contributed by atoms with Crippen LogP contribution < -0.4 is 5.32 Å². The van der Waals surface area contributed by atoms with Gasteiger partial charge in [-0.2, -0.15) is 0 Å². The monoisotopic (exact) mass is 267 g/mol. The van der Waals surface area contributed by atoms with Crippen molar-refractivity contribution < 1.29 is 14.6 Å². The average Bonchev–Trinajstić information content (AvgIpc) is 2.36. The maximum absolute atomic E-state index is 11.0. The van der Waals surface area contributed by atoms with Gasteiger partial charge in [0.1, 0.15) is 11.9 Å². The minimum Gasteiger partial charge on any atom is -0.478 e. The fourth-order valence-corrected chi connectivity index (χ4v) is 1.66. The molecule has 0 fully saturated rings. The second kappa shape index (κ2) is 7.16. The summed E-state index contributed by atoms with van der Waals surface area (Å²) < 4.78 is 5.07. The van der Waals surface area contributed by atoms with Gasteiger partial charge in [0, 0.05) is 33.0 Å². The van der Waals surface area contributed by atoms with Crippen LogP contribution in [0.15, 0.2) is 12.5 Å². The van der Waals surface area contributed by atoms with Crippen LogP contribution in [0.3, 0.4) is 0 Å². The second-order valence-electron chi connectivity index (χ2n) is 5.20. The van der Waals surface area contributed by atoms with Crippen molar-refractivity contribution in [3.8, 4) is 0 Å². The molecule has 1 aromatic heterocycles. The number of carboxylic acids is 1. The Balaban J connectivity index is 2.51. The minimum absolute atomic E-state index is 0.0897. The fraction of sp³-hybridized carbons (Fsp3) is 0.615. The Morgan fingerprint density at radius 2 is 2.26 bits per heavy atom. The number of carboxylic acid groups (broad SMARTS) is 1. The molecular weight excluding hydrogens is 246 g/mol. The van der Waals surface area contributed by atoms with Crippen molar-refractivity contribution in [1.82, 2.24) is 15.3 Å². The largest absolute Gasteiger partial charge is 0.478 e. The zero-order chi connectivity index (χ0) is 14.3. The van der Waals surface area contributed by atoms with E-state index < -0.39 is 5.97 Å². The summed E-state index contributed by atoms with van der Waals surface area (Å²) in [5, 5.41) is 12.3. The smallest absolute Gasteiger partial charge is 0.339 e. The molecule has 1 rings (SSSR count). The Hall–Kier alpha value is -1.53. The number of aromatic carboxylic acids is 1. The maximum atomic E-state index is 11.0. The van der Waals surface area contributed by atoms with Gasteiger partial charge in [-0.15, -0.1) is 0 Å². The van der Waals surface area contributed by atoms with Gasteiger partial charge in [-0.25, -0.2) is 14.8 Å². The van der Waals surface area contributed by atoms with E-state index >= 15 is 0 Å². The Bertz CT molecular complexity index is 421. The summed E-state index contributed by atoms with van der Waals surface area (Å²) in [6.07, 6.45) is 3.62. The van der Waals surface area contributed by atoms with Crippen molar-refractivity contribution in [3.05, 3.63) is 23.8 Å². The molecule has 0 spiro atoms. The lowest BCUT2D eigenvalue weighted by molar-refractivity contribution is 0.0694. The van der Waals surface area contributed by atoms with E-state index in [1.165, 1.54) is 12.5 Å². The first-order valence-corrected chi connectivity index (χ1v) is 6.18. The van der Waals surface area contributed by atoms with Gasteiger partial charge in [-0.05, 0) is 11.8 Å². The predicted molar refractivity (Wildman–Crippen MR) is 71.0 cm³/mol. The van der Waals surface area contributed by atoms with Crippen molar-refractivity contribution in [2.75, 3.05) is 20.3 Å². The van der Waals surface area contributed by atoms with Crippen LogP contribution in [0.1, 0.15) is 36.3 Å². The summed E-state index contributed by atoms with van der Waals surface area (Å²) in [5.74, 6) is -1.00. The highest BCUT2D eigenvalue weighted by atomic mass is 16.5. The van der Waals surface area contributed by atoms with Crippen molar-refractivity contribution in [3.63, 3.8) is 0 Å². The maximum Gasteiger partial charge on any atom is 0.339 e. The quantitative estimate of drug-likeness (QED) is 0.739. The molecule has 106 valence electrons. The highest BCUT2D eigenvalue weighted by molar-refractivity contribution is 5.88. The van der Waals surface area contributed by atoms with Crippen LogP contribution in [0.2, 0.25) is 0 Å². The molecule has 0 aliphatic rings. The number of rotatable bonds is 8. The third-order valence-electron chi connectivity index (χ3n) is 2.90. The number of hydrogen-bond donors (Lipinski definition) is 2. The van der Waals surface area contributed by atoms with Gasteiger partial charge in [-0.1, -0.05) is 13.8 Å². The first-order valence-electron chi connectivity index (χ1n) is 6.18. The molecule has 0 atom stereocenters. The summed E-state index contributed by atoms with van der Waals surface area (Å²) in [7, 11) is 1.68. The molecule has 0 saturated carbocycles. The van der Waals surface area contributed by atoms with Crippen LogP contribution in [0.5, 0.6) is 0 Å². The first-order chi connectivity index (χ1) is 8.96. The van der Waals surface area contributed by atoms with Gasteiger partial charge in [0.15, 0.2) is 0 Å². The van der Waals surface area contributed by atoms with Gasteiger partial charge in [0.25, 0.3) is 0 Å². The van der Waals surface area contributed by atoms with Crippen LogP contribution >= 0.6 is 0 Å². The lowest BCUT2D eigenvalue weighted by Crippen LogP contribution is -2.30. The van der Waals surface area contributed by atoms with Crippen LogP contribution in [0.4, 0.5) is 0 Å². The average molecular weight is 267 g/mol. The molecule has 6 heteroatoms. The van der Waals surface area contributed by atoms with E-state index in [-0.39, 0.29) is 11.0 Å². The zero-order valence-corrected chi connectivity index (χ0v) is 11.6. The van der Waals surface area contributed by atoms with Gasteiger partial charge in [0.2, 0.25) is 0 Å². The number of aromatic nitrogens is 2. The standard InChI is InChI=1S/C13H21N3O3/c1-13(2,4-5-19-3)8-14-7-11-10(12(17)18)6-15-9-16-11/h6,9,14H,4-5,7-8H2,1-3H3,(H,17,18). The molecule has 1 heterocycles. The predicted octanol–water partition coefficient (Wildman–Crippen LogP) is 1.33. The summed E-state index contributed by atoms with van der Waals surface area (Å²) in [6, 6.07) is 0. The second-order valence-corrected chi connectivity index (χ2v) is 5.20. The minimum atomic E-state index is -1.00. The Kier molecular flexibility index (Phi) is 5.85. The molecule has 1 aromatic rings. The van der Waals surface area contributed by atoms with Crippen LogP contribution in [-0.2, 0) is 11.3 Å². The molecule has 0 amide bonds. The lowest BCUT2D eigenvalue weighted by atomic mass is 9.90. The van der Waals surface area contributed by atoms with Crippen molar-refractivity contribution >= 4 is 5.97 Å². The number of ether oxygens (including phenoxy) is 1. The number of carbonyl (C=O) groups is 1. The molecule has 0 aliphatic heterocycles. The molecule has 0 unspecified atom stereocenters. The molecule has 19 heavy (non-hydrogen) atoms. The van der Waals surface area contributed by atoms with Gasteiger partial charge in [0.05, 0.1) is 5.69 Å². The molecule has 0 bridgehead atoms. The highest BCUT2D eigenvalue weighted by Gasteiger charge is 2.18. The molecule has 0 radical (unpaired) electrons. The molecule has 0 aliphatic carbocycles. The topological polar surface area (TPSA) is 84.3 Å². The fourth-order valence-electron chi connectivity index (χ4n) is 1.66. The van der Waals surface area contributed by atoms with E-state index in [0.717, 1.165) is 13.0 Å². The zero-order valence-electron chi connectivity index (χ0n) is 11.6. The van der Waals surface area contributed by atoms with Gasteiger partial charge in [-0.3, -0.25) is 0 Å². The van der Waals surface area contributed by atoms with E-state index in [9.17, 15) is 4.79 Å². The summed E-state index contributed by atoms with van der Waals surface area (Å²) in [5.41, 5.74) is 0.738. The summed E-state index contributed by atoms with van der Waals surface area (Å²) >= 11 is 0. The van der Waals surface area contributed by atoms with Crippen molar-refractivity contribution in [2.24, 2.45) is 5.41 Å². The summed E-state index contributed by atoms with van der Waals surface area (Å²) in [6.45, 7) is 6.16. The molecule has 2 N–H and O–H groups in total. The third-order valence-corrected chi connectivity index (χ3v) is 2.90. The Labute approximate surface area is 113 Å². The molecule has 0 saturated heterocycles. The number of hydrogen-bond acceptors (Lipinski definition) is 5. The first kappa shape index (κ1) is 15.5. The molecule has 6 nitrogen and oxygen atoms in total. The van der Waals surface area contributed by atoms with E-state index in [1.807, 2.05) is 0 Å². The van der Waals surface area contributed by atoms with E-state index in [0.29, 0.717) is 18.8 Å². The Morgan fingerprint density at radius 1 is 1.53 bits per heavy atom. The van der Waals surface area contributed by atoms with Crippen molar-refractivity contribution in [1.29, 1.82) is 0 Å². The number of nitrogens with one attached hydrogen (secondary N) is 1. The molecule has 0 aromatic carbocycles. The van der Waals surface area contributed by atoms with Gasteiger partial charge < -0.3 is 15.2 Å². The van der Waals surface area contributed by atoms with Crippen molar-refractivity contribution in [2.45, 2.75) is 26.8 Å². The van der Waals surface area contributed by atoms with E-state index in [4.69, 9.17) is 9.84 Å².